The fraction of sp³-hybridized carbons (Fsp3) is 0.167. The Labute approximate surface area is 158 Å². The van der Waals surface area contributed by atoms with E-state index in [2.05, 4.69) is 0 Å². The average molecular weight is 356 g/mol. The molecule has 1 saturated heterocycles. The normalized spacial score (nSPS) is 21.6. The molecule has 3 aromatic carbocycles. The first-order valence-electron chi connectivity index (χ1n) is 9.12. The molecule has 0 aliphatic carbocycles. The monoisotopic (exact) mass is 356 g/mol. The molecule has 0 amide bonds. The van der Waals surface area contributed by atoms with E-state index in [1.807, 2.05) is 91.0 Å². The molecule has 0 unspecified atom stereocenters. The van der Waals surface area contributed by atoms with Gasteiger partial charge in [-0.1, -0.05) is 91.0 Å². The third kappa shape index (κ3) is 3.54. The summed E-state index contributed by atoms with van der Waals surface area (Å²) in [5.41, 5.74) is 2.48. The number of rotatable bonds is 5. The first-order valence-corrected chi connectivity index (χ1v) is 9.12. The highest BCUT2D eigenvalue weighted by Gasteiger charge is 2.46. The van der Waals surface area contributed by atoms with Crippen LogP contribution in [0.1, 0.15) is 39.9 Å². The van der Waals surface area contributed by atoms with Gasteiger partial charge in [-0.2, -0.15) is 0 Å². The number of ether oxygens (including phenoxy) is 1. The van der Waals surface area contributed by atoms with Gasteiger partial charge in [0.1, 0.15) is 6.10 Å². The van der Waals surface area contributed by atoms with Crippen molar-refractivity contribution >= 4 is 11.8 Å². The van der Waals surface area contributed by atoms with Crippen LogP contribution >= 0.6 is 0 Å². The van der Waals surface area contributed by atoms with Gasteiger partial charge in [-0.15, -0.1) is 0 Å². The van der Waals surface area contributed by atoms with Gasteiger partial charge in [0.2, 0.25) is 0 Å². The van der Waals surface area contributed by atoms with Crippen LogP contribution < -0.4 is 0 Å². The van der Waals surface area contributed by atoms with Gasteiger partial charge in [0.15, 0.2) is 5.78 Å². The highest BCUT2D eigenvalue weighted by molar-refractivity contribution is 5.97. The second kappa shape index (κ2) is 7.58. The van der Waals surface area contributed by atoms with Crippen LogP contribution in [0.5, 0.6) is 0 Å². The van der Waals surface area contributed by atoms with Crippen molar-refractivity contribution in [3.63, 3.8) is 0 Å². The van der Waals surface area contributed by atoms with Gasteiger partial charge in [-0.05, 0) is 11.1 Å². The van der Waals surface area contributed by atoms with Gasteiger partial charge >= 0.3 is 5.97 Å². The van der Waals surface area contributed by atoms with Gasteiger partial charge in [0.25, 0.3) is 0 Å². The fourth-order valence-corrected chi connectivity index (χ4v) is 3.82. The van der Waals surface area contributed by atoms with Crippen molar-refractivity contribution in [2.75, 3.05) is 0 Å². The van der Waals surface area contributed by atoms with E-state index < -0.39 is 12.0 Å². The summed E-state index contributed by atoms with van der Waals surface area (Å²) in [6.07, 6.45) is -0.161. The van der Waals surface area contributed by atoms with E-state index >= 15 is 0 Å². The molecule has 134 valence electrons. The van der Waals surface area contributed by atoms with Crippen molar-refractivity contribution in [1.82, 2.24) is 0 Å². The van der Waals surface area contributed by atoms with Crippen molar-refractivity contribution in [2.45, 2.75) is 18.4 Å². The molecule has 0 saturated carbocycles. The number of esters is 1. The Bertz CT molecular complexity index is 920. The minimum absolute atomic E-state index is 0.0285. The Kier molecular flexibility index (Phi) is 4.84. The Balaban J connectivity index is 1.70. The molecule has 1 aliphatic heterocycles. The van der Waals surface area contributed by atoms with Crippen molar-refractivity contribution in [1.29, 1.82) is 0 Å². The first kappa shape index (κ1) is 17.2. The molecule has 0 radical (unpaired) electrons. The number of benzene rings is 3. The van der Waals surface area contributed by atoms with Crippen LogP contribution in [-0.4, -0.2) is 11.8 Å². The summed E-state index contributed by atoms with van der Waals surface area (Å²) in [5, 5.41) is 0. The van der Waals surface area contributed by atoms with Crippen LogP contribution in [-0.2, 0) is 9.53 Å². The Morgan fingerprint density at radius 2 is 1.26 bits per heavy atom. The van der Waals surface area contributed by atoms with Gasteiger partial charge < -0.3 is 4.74 Å². The predicted octanol–water partition coefficient (Wildman–Crippen LogP) is 4.96. The number of carbonyl (C=O) groups excluding carboxylic acids is 2. The Hall–Kier alpha value is -3.20. The summed E-state index contributed by atoms with van der Waals surface area (Å²) in [7, 11) is 0. The van der Waals surface area contributed by atoms with E-state index in [1.165, 1.54) is 0 Å². The zero-order valence-electron chi connectivity index (χ0n) is 14.8. The molecule has 3 atom stereocenters. The standard InChI is InChI=1S/C24H20O3/c25-21(17-10-4-1-5-11-17)16-20-22(18-12-6-2-7-13-18)24(26)27-23(20)19-14-8-3-9-15-19/h1-15,20,22-23H,16H2/t20-,22-,23-/m1/s1. The molecular weight excluding hydrogens is 336 g/mol. The Morgan fingerprint density at radius 1 is 0.741 bits per heavy atom. The van der Waals surface area contributed by atoms with E-state index in [1.54, 1.807) is 0 Å². The van der Waals surface area contributed by atoms with E-state index in [4.69, 9.17) is 4.74 Å². The summed E-state index contributed by atoms with van der Waals surface area (Å²) in [6, 6.07) is 28.5. The number of carbonyl (C=O) groups is 2. The van der Waals surface area contributed by atoms with Crippen LogP contribution in [0, 0.1) is 5.92 Å². The largest absolute Gasteiger partial charge is 0.457 e. The van der Waals surface area contributed by atoms with E-state index in [0.717, 1.165) is 11.1 Å². The highest BCUT2D eigenvalue weighted by Crippen LogP contribution is 2.46. The van der Waals surface area contributed by atoms with Crippen LogP contribution in [0.2, 0.25) is 0 Å². The van der Waals surface area contributed by atoms with Crippen molar-refractivity contribution in [2.24, 2.45) is 5.92 Å². The van der Waals surface area contributed by atoms with Crippen molar-refractivity contribution in [3.05, 3.63) is 108 Å². The quantitative estimate of drug-likeness (QED) is 0.479. The van der Waals surface area contributed by atoms with Crippen LogP contribution in [0.3, 0.4) is 0 Å². The van der Waals surface area contributed by atoms with Crippen LogP contribution in [0.4, 0.5) is 0 Å². The summed E-state index contributed by atoms with van der Waals surface area (Å²) in [5.74, 6) is -0.916. The number of ketones is 1. The zero-order chi connectivity index (χ0) is 18.6. The molecule has 1 fully saturated rings. The Morgan fingerprint density at radius 3 is 1.85 bits per heavy atom. The topological polar surface area (TPSA) is 43.4 Å². The minimum Gasteiger partial charge on any atom is -0.457 e. The maximum Gasteiger partial charge on any atom is 0.314 e. The van der Waals surface area contributed by atoms with Gasteiger partial charge in [0.05, 0.1) is 5.92 Å². The van der Waals surface area contributed by atoms with Crippen molar-refractivity contribution in [3.8, 4) is 0 Å². The van der Waals surface area contributed by atoms with Gasteiger partial charge in [0, 0.05) is 17.9 Å². The molecule has 1 aliphatic rings. The first-order chi connectivity index (χ1) is 13.2. The zero-order valence-corrected chi connectivity index (χ0v) is 14.8. The fourth-order valence-electron chi connectivity index (χ4n) is 3.82. The van der Waals surface area contributed by atoms with Crippen molar-refractivity contribution < 1.29 is 14.3 Å². The molecule has 1 heterocycles. The lowest BCUT2D eigenvalue weighted by Gasteiger charge is -2.21. The molecule has 0 aromatic heterocycles. The molecule has 0 spiro atoms. The molecule has 3 nitrogen and oxygen atoms in total. The maximum absolute atomic E-state index is 12.9. The SMILES string of the molecule is O=C(C[C@H]1[C@@H](c2ccccc2)OC(=O)[C@@H]1c1ccccc1)c1ccccc1. The second-order valence-corrected chi connectivity index (χ2v) is 6.81. The predicted molar refractivity (Wildman–Crippen MR) is 103 cm³/mol. The highest BCUT2D eigenvalue weighted by atomic mass is 16.6. The maximum atomic E-state index is 12.9. The lowest BCUT2D eigenvalue weighted by atomic mass is 9.79. The molecule has 3 heteroatoms. The van der Waals surface area contributed by atoms with Gasteiger partial charge in [-0.25, -0.2) is 0 Å². The average Bonchev–Trinajstić information content (AvgIpc) is 3.05. The van der Waals surface area contributed by atoms with Crippen LogP contribution in [0.25, 0.3) is 0 Å². The molecule has 4 rings (SSSR count). The molecule has 3 aromatic rings. The summed E-state index contributed by atoms with van der Waals surface area (Å²) in [6.45, 7) is 0. The third-order valence-electron chi connectivity index (χ3n) is 5.12. The van der Waals surface area contributed by atoms with E-state index in [-0.39, 0.29) is 24.1 Å². The number of Topliss-reactive ketones (excluding diaryl/α,β-unsaturated/α-hetero) is 1. The van der Waals surface area contributed by atoms with Gasteiger partial charge in [-0.3, -0.25) is 9.59 Å². The number of hydrogen-bond acceptors (Lipinski definition) is 3. The lowest BCUT2D eigenvalue weighted by molar-refractivity contribution is -0.142. The van der Waals surface area contributed by atoms with E-state index in [9.17, 15) is 9.59 Å². The van der Waals surface area contributed by atoms with Crippen LogP contribution in [0.15, 0.2) is 91.0 Å². The molecule has 27 heavy (non-hydrogen) atoms. The summed E-state index contributed by atoms with van der Waals surface area (Å²) in [4.78, 5) is 25.6. The third-order valence-corrected chi connectivity index (χ3v) is 5.12. The lowest BCUT2D eigenvalue weighted by Crippen LogP contribution is -2.19. The summed E-state index contributed by atoms with van der Waals surface area (Å²) >= 11 is 0. The molecular formula is C24H20O3. The smallest absolute Gasteiger partial charge is 0.314 e. The number of hydrogen-bond donors (Lipinski definition) is 0. The summed E-state index contributed by atoms with van der Waals surface area (Å²) < 4.78 is 5.77. The second-order valence-electron chi connectivity index (χ2n) is 6.81. The number of cyclic esters (lactones) is 1. The molecule has 0 N–H and O–H groups in total. The molecule has 0 bridgehead atoms. The van der Waals surface area contributed by atoms with E-state index in [0.29, 0.717) is 5.56 Å². The minimum atomic E-state index is -0.441.